The first-order valence-corrected chi connectivity index (χ1v) is 4.75. The van der Waals surface area contributed by atoms with Crippen LogP contribution in [0.3, 0.4) is 0 Å². The van der Waals surface area contributed by atoms with Gasteiger partial charge in [-0.25, -0.2) is 4.39 Å². The number of benzene rings is 2. The number of hydrogen-bond acceptors (Lipinski definition) is 2. The van der Waals surface area contributed by atoms with Crippen LogP contribution in [0.15, 0.2) is 42.5 Å². The summed E-state index contributed by atoms with van der Waals surface area (Å²) in [6.45, 7) is 0. The first-order valence-electron chi connectivity index (χ1n) is 4.75. The molecule has 2 aromatic carbocycles. The van der Waals surface area contributed by atoms with Crippen molar-refractivity contribution in [2.45, 2.75) is 0 Å². The molecule has 0 aliphatic heterocycles. The zero-order chi connectivity index (χ0) is 11.5. The van der Waals surface area contributed by atoms with Gasteiger partial charge in [0.25, 0.3) is 0 Å². The van der Waals surface area contributed by atoms with E-state index in [2.05, 4.69) is 0 Å². The Balaban J connectivity index is 2.57. The van der Waals surface area contributed by atoms with Crippen LogP contribution in [0.25, 0.3) is 11.1 Å². The Morgan fingerprint density at radius 1 is 1.06 bits per heavy atom. The quantitative estimate of drug-likeness (QED) is 0.783. The van der Waals surface area contributed by atoms with E-state index in [0.29, 0.717) is 23.0 Å². The Morgan fingerprint density at radius 3 is 2.44 bits per heavy atom. The van der Waals surface area contributed by atoms with E-state index < -0.39 is 5.82 Å². The Bertz CT molecular complexity index is 535. The highest BCUT2D eigenvalue weighted by Crippen LogP contribution is 2.31. The monoisotopic (exact) mass is 216 g/mol. The molecule has 0 amide bonds. The summed E-state index contributed by atoms with van der Waals surface area (Å²) < 4.78 is 13.5. The fourth-order valence-electron chi connectivity index (χ4n) is 1.53. The van der Waals surface area contributed by atoms with Gasteiger partial charge in [0.2, 0.25) is 0 Å². The summed E-state index contributed by atoms with van der Waals surface area (Å²) in [6, 6.07) is 10.5. The van der Waals surface area contributed by atoms with Crippen molar-refractivity contribution < 1.29 is 14.3 Å². The third-order valence-electron chi connectivity index (χ3n) is 2.32. The van der Waals surface area contributed by atoms with E-state index in [1.807, 2.05) is 0 Å². The van der Waals surface area contributed by atoms with E-state index in [1.54, 1.807) is 18.2 Å². The third-order valence-corrected chi connectivity index (χ3v) is 2.32. The normalized spacial score (nSPS) is 10.1. The highest BCUT2D eigenvalue weighted by atomic mass is 19.1. The summed E-state index contributed by atoms with van der Waals surface area (Å²) in [5.74, 6) is -0.508. The molecule has 0 aliphatic carbocycles. The number of phenolic OH excluding ortho intramolecular Hbond substituents is 1. The Morgan fingerprint density at radius 2 is 1.81 bits per heavy atom. The lowest BCUT2D eigenvalue weighted by Gasteiger charge is -2.06. The van der Waals surface area contributed by atoms with Crippen LogP contribution >= 0.6 is 0 Å². The number of carbonyl (C=O) groups is 1. The molecular weight excluding hydrogens is 207 g/mol. The van der Waals surface area contributed by atoms with Gasteiger partial charge in [-0.15, -0.1) is 0 Å². The van der Waals surface area contributed by atoms with Gasteiger partial charge in [0.15, 0.2) is 0 Å². The maximum atomic E-state index is 13.5. The predicted octanol–water partition coefficient (Wildman–Crippen LogP) is 3.01. The minimum Gasteiger partial charge on any atom is -0.507 e. The fourth-order valence-corrected chi connectivity index (χ4v) is 1.53. The molecule has 0 aliphatic rings. The molecule has 0 spiro atoms. The molecule has 0 radical (unpaired) electrons. The van der Waals surface area contributed by atoms with Crippen molar-refractivity contribution in [3.8, 4) is 16.9 Å². The Kier molecular flexibility index (Phi) is 2.68. The Labute approximate surface area is 92.0 Å². The molecule has 2 aromatic rings. The highest BCUT2D eigenvalue weighted by molar-refractivity contribution is 5.80. The lowest BCUT2D eigenvalue weighted by molar-refractivity contribution is 0.112. The van der Waals surface area contributed by atoms with Gasteiger partial charge in [0, 0.05) is 16.7 Å². The zero-order valence-corrected chi connectivity index (χ0v) is 8.35. The summed E-state index contributed by atoms with van der Waals surface area (Å²) in [6.07, 6.45) is 0.630. The number of aromatic hydroxyl groups is 1. The van der Waals surface area contributed by atoms with Crippen molar-refractivity contribution in [1.82, 2.24) is 0 Å². The first kappa shape index (κ1) is 10.4. The van der Waals surface area contributed by atoms with Crippen molar-refractivity contribution in [2.75, 3.05) is 0 Å². The molecule has 0 atom stereocenters. The van der Waals surface area contributed by atoms with Crippen molar-refractivity contribution in [3.05, 3.63) is 53.8 Å². The average molecular weight is 216 g/mol. The second-order valence-electron chi connectivity index (χ2n) is 3.37. The summed E-state index contributed by atoms with van der Waals surface area (Å²) in [5.41, 5.74) is 1.05. The molecule has 0 unspecified atom stereocenters. The number of halogens is 1. The summed E-state index contributed by atoms with van der Waals surface area (Å²) in [4.78, 5) is 10.5. The minimum absolute atomic E-state index is 0.102. The zero-order valence-electron chi connectivity index (χ0n) is 8.35. The Hall–Kier alpha value is -2.16. The third kappa shape index (κ3) is 1.80. The van der Waals surface area contributed by atoms with Gasteiger partial charge in [-0.1, -0.05) is 24.3 Å². The van der Waals surface area contributed by atoms with Gasteiger partial charge in [0.1, 0.15) is 17.9 Å². The van der Waals surface area contributed by atoms with Gasteiger partial charge in [-0.2, -0.15) is 0 Å². The van der Waals surface area contributed by atoms with Crippen LogP contribution in [0, 0.1) is 5.82 Å². The van der Waals surface area contributed by atoms with Gasteiger partial charge in [0.05, 0.1) is 0 Å². The molecule has 3 heteroatoms. The average Bonchev–Trinajstić information content (AvgIpc) is 2.30. The first-order chi connectivity index (χ1) is 7.72. The van der Waals surface area contributed by atoms with Crippen molar-refractivity contribution in [3.63, 3.8) is 0 Å². The van der Waals surface area contributed by atoms with Gasteiger partial charge >= 0.3 is 0 Å². The second-order valence-corrected chi connectivity index (χ2v) is 3.37. The van der Waals surface area contributed by atoms with E-state index in [4.69, 9.17) is 0 Å². The molecule has 0 aromatic heterocycles. The maximum absolute atomic E-state index is 13.5. The smallest absolute Gasteiger partial charge is 0.150 e. The van der Waals surface area contributed by atoms with Crippen LogP contribution in [0.4, 0.5) is 4.39 Å². The minimum atomic E-state index is -0.406. The molecule has 80 valence electrons. The fraction of sp³-hybridized carbons (Fsp3) is 0. The number of rotatable bonds is 2. The molecule has 0 saturated heterocycles. The van der Waals surface area contributed by atoms with Crippen molar-refractivity contribution >= 4 is 6.29 Å². The SMILES string of the molecule is O=Cc1ccc(-c2ccccc2F)c(O)c1. The van der Waals surface area contributed by atoms with Crippen LogP contribution in [0.1, 0.15) is 10.4 Å². The predicted molar refractivity (Wildman–Crippen MR) is 58.9 cm³/mol. The standard InChI is InChI=1S/C13H9FO2/c14-12-4-2-1-3-10(12)11-6-5-9(8-15)7-13(11)16/h1-8,16H. The second kappa shape index (κ2) is 4.14. The summed E-state index contributed by atoms with van der Waals surface area (Å²) >= 11 is 0. The van der Waals surface area contributed by atoms with Crippen LogP contribution < -0.4 is 0 Å². The number of aldehydes is 1. The van der Waals surface area contributed by atoms with Gasteiger partial charge in [-0.05, 0) is 18.2 Å². The summed E-state index contributed by atoms with van der Waals surface area (Å²) in [7, 11) is 0. The van der Waals surface area contributed by atoms with Crippen LogP contribution in [-0.2, 0) is 0 Å². The molecule has 1 N–H and O–H groups in total. The number of carbonyl (C=O) groups excluding carboxylic acids is 1. The van der Waals surface area contributed by atoms with E-state index in [0.717, 1.165) is 0 Å². The molecule has 0 fully saturated rings. The molecule has 0 bridgehead atoms. The highest BCUT2D eigenvalue weighted by Gasteiger charge is 2.08. The lowest BCUT2D eigenvalue weighted by Crippen LogP contribution is -1.86. The molecule has 0 heterocycles. The van der Waals surface area contributed by atoms with E-state index in [9.17, 15) is 14.3 Å². The summed E-state index contributed by atoms with van der Waals surface area (Å²) in [5, 5.41) is 9.67. The topological polar surface area (TPSA) is 37.3 Å². The molecule has 16 heavy (non-hydrogen) atoms. The molecule has 0 saturated carbocycles. The van der Waals surface area contributed by atoms with E-state index >= 15 is 0 Å². The van der Waals surface area contributed by atoms with E-state index in [1.165, 1.54) is 24.3 Å². The van der Waals surface area contributed by atoms with E-state index in [-0.39, 0.29) is 5.75 Å². The van der Waals surface area contributed by atoms with Crippen molar-refractivity contribution in [1.29, 1.82) is 0 Å². The molecular formula is C13H9FO2. The molecule has 2 rings (SSSR count). The van der Waals surface area contributed by atoms with Crippen LogP contribution in [0.2, 0.25) is 0 Å². The molecule has 2 nitrogen and oxygen atoms in total. The number of phenols is 1. The largest absolute Gasteiger partial charge is 0.507 e. The lowest BCUT2D eigenvalue weighted by atomic mass is 10.0. The van der Waals surface area contributed by atoms with Crippen molar-refractivity contribution in [2.24, 2.45) is 0 Å². The van der Waals surface area contributed by atoms with Gasteiger partial charge < -0.3 is 5.11 Å². The van der Waals surface area contributed by atoms with Crippen LogP contribution in [0.5, 0.6) is 5.75 Å². The maximum Gasteiger partial charge on any atom is 0.150 e. The van der Waals surface area contributed by atoms with Crippen LogP contribution in [-0.4, -0.2) is 11.4 Å². The number of hydrogen-bond donors (Lipinski definition) is 1. The van der Waals surface area contributed by atoms with Gasteiger partial charge in [-0.3, -0.25) is 4.79 Å².